The number of benzene rings is 1. The number of alkyl halides is 1. The second kappa shape index (κ2) is 5.33. The van der Waals surface area contributed by atoms with Crippen molar-refractivity contribution in [2.75, 3.05) is 5.33 Å². The molecule has 0 aromatic heterocycles. The van der Waals surface area contributed by atoms with Gasteiger partial charge >= 0.3 is 0 Å². The fourth-order valence-electron chi connectivity index (χ4n) is 1.22. The smallest absolute Gasteiger partial charge is 0.275 e. The van der Waals surface area contributed by atoms with E-state index in [9.17, 15) is 24.7 Å². The zero-order valence-corrected chi connectivity index (χ0v) is 9.59. The monoisotopic (exact) mass is 293 g/mol. The summed E-state index contributed by atoms with van der Waals surface area (Å²) in [6, 6.07) is 2.72. The van der Waals surface area contributed by atoms with Gasteiger partial charge in [0, 0.05) is 11.4 Å². The first kappa shape index (κ1) is 13.0. The number of halogens is 2. The Morgan fingerprint density at radius 2 is 2.12 bits per heavy atom. The molecule has 0 heterocycles. The number of hydrogen-bond donors (Lipinski definition) is 2. The van der Waals surface area contributed by atoms with Crippen LogP contribution in [-0.4, -0.2) is 26.6 Å². The molecule has 1 aromatic carbocycles. The predicted molar refractivity (Wildman–Crippen MR) is 57.8 cm³/mol. The van der Waals surface area contributed by atoms with Crippen LogP contribution in [0.25, 0.3) is 0 Å². The molecule has 0 saturated heterocycles. The van der Waals surface area contributed by atoms with Gasteiger partial charge in [-0.25, -0.2) is 4.39 Å². The normalized spacial score (nSPS) is 14.5. The number of nitrogens with zero attached hydrogens (tertiary/aromatic N) is 1. The lowest BCUT2D eigenvalue weighted by atomic mass is 10.0. The maximum Gasteiger partial charge on any atom is 0.275 e. The van der Waals surface area contributed by atoms with Gasteiger partial charge in [-0.15, -0.1) is 0 Å². The summed E-state index contributed by atoms with van der Waals surface area (Å²) in [5.41, 5.74) is -0.661. The summed E-state index contributed by atoms with van der Waals surface area (Å²) in [5, 5.41) is 29.6. The fraction of sp³-hybridized carbons (Fsp3) is 0.333. The van der Waals surface area contributed by atoms with Gasteiger partial charge in [0.05, 0.1) is 16.6 Å². The number of nitro groups is 1. The lowest BCUT2D eigenvalue weighted by Crippen LogP contribution is -2.20. The molecule has 1 rings (SSSR count). The Bertz CT molecular complexity index is 401. The van der Waals surface area contributed by atoms with Crippen LogP contribution in [0.2, 0.25) is 0 Å². The largest absolute Gasteiger partial charge is 0.389 e. The summed E-state index contributed by atoms with van der Waals surface area (Å²) in [6.45, 7) is 0. The molecule has 0 aliphatic heterocycles. The molecule has 2 atom stereocenters. The Morgan fingerprint density at radius 3 is 2.62 bits per heavy atom. The Labute approximate surface area is 98.8 Å². The van der Waals surface area contributed by atoms with E-state index < -0.39 is 28.6 Å². The maximum absolute atomic E-state index is 12.9. The van der Waals surface area contributed by atoms with Gasteiger partial charge in [-0.3, -0.25) is 10.1 Å². The van der Waals surface area contributed by atoms with Gasteiger partial charge in [-0.1, -0.05) is 15.9 Å². The van der Waals surface area contributed by atoms with E-state index in [1.165, 1.54) is 0 Å². The van der Waals surface area contributed by atoms with Crippen molar-refractivity contribution in [2.24, 2.45) is 0 Å². The summed E-state index contributed by atoms with van der Waals surface area (Å²) >= 11 is 2.92. The summed E-state index contributed by atoms with van der Waals surface area (Å²) in [5.74, 6) is -0.707. The van der Waals surface area contributed by atoms with Crippen molar-refractivity contribution in [2.45, 2.75) is 12.2 Å². The number of rotatable bonds is 4. The Balaban J connectivity index is 3.19. The summed E-state index contributed by atoms with van der Waals surface area (Å²) in [4.78, 5) is 9.89. The molecule has 5 nitrogen and oxygen atoms in total. The van der Waals surface area contributed by atoms with Gasteiger partial charge in [-0.05, 0) is 12.1 Å². The van der Waals surface area contributed by atoms with Crippen LogP contribution in [0.5, 0.6) is 0 Å². The molecule has 2 N–H and O–H groups in total. The van der Waals surface area contributed by atoms with Gasteiger partial charge in [0.1, 0.15) is 11.9 Å². The molecule has 0 spiro atoms. The molecular weight excluding hydrogens is 285 g/mol. The summed E-state index contributed by atoms with van der Waals surface area (Å²) < 4.78 is 12.9. The zero-order chi connectivity index (χ0) is 12.3. The predicted octanol–water partition coefficient (Wildman–Crippen LogP) is 1.52. The van der Waals surface area contributed by atoms with Crippen molar-refractivity contribution in [1.29, 1.82) is 0 Å². The van der Waals surface area contributed by atoms with E-state index in [1.54, 1.807) is 0 Å². The Hall–Kier alpha value is -1.05. The lowest BCUT2D eigenvalue weighted by molar-refractivity contribution is -0.386. The van der Waals surface area contributed by atoms with Crippen molar-refractivity contribution < 1.29 is 19.5 Å². The molecule has 1 aromatic rings. The molecule has 2 unspecified atom stereocenters. The average Bonchev–Trinajstić information content (AvgIpc) is 2.26. The molecule has 88 valence electrons. The third-order valence-electron chi connectivity index (χ3n) is 2.03. The zero-order valence-electron chi connectivity index (χ0n) is 8.01. The van der Waals surface area contributed by atoms with Gasteiger partial charge in [0.15, 0.2) is 0 Å². The van der Waals surface area contributed by atoms with E-state index >= 15 is 0 Å². The van der Waals surface area contributed by atoms with Crippen LogP contribution < -0.4 is 0 Å². The standard InChI is InChI=1S/C9H9BrFNO4/c10-4-8(13)9(14)6-3-5(11)1-2-7(6)12(15)16/h1-3,8-9,13-14H,4H2. The van der Waals surface area contributed by atoms with Crippen LogP contribution in [0.15, 0.2) is 18.2 Å². The Kier molecular flexibility index (Phi) is 4.34. The van der Waals surface area contributed by atoms with Crippen molar-refractivity contribution in [3.05, 3.63) is 39.7 Å². The molecule has 7 heteroatoms. The first-order valence-corrected chi connectivity index (χ1v) is 5.45. The molecule has 0 radical (unpaired) electrons. The fourth-order valence-corrected chi connectivity index (χ4v) is 1.57. The minimum absolute atomic E-state index is 0.0296. The van der Waals surface area contributed by atoms with Crippen LogP contribution in [0.4, 0.5) is 10.1 Å². The van der Waals surface area contributed by atoms with Crippen LogP contribution in [0, 0.1) is 15.9 Å². The van der Waals surface area contributed by atoms with E-state index in [4.69, 9.17) is 0 Å². The number of hydrogen-bond acceptors (Lipinski definition) is 4. The van der Waals surface area contributed by atoms with Gasteiger partial charge in [0.2, 0.25) is 0 Å². The summed E-state index contributed by atoms with van der Waals surface area (Å²) in [7, 11) is 0. The second-order valence-electron chi connectivity index (χ2n) is 3.13. The third-order valence-corrected chi connectivity index (χ3v) is 2.69. The van der Waals surface area contributed by atoms with E-state index in [-0.39, 0.29) is 10.9 Å². The van der Waals surface area contributed by atoms with Crippen LogP contribution in [0.3, 0.4) is 0 Å². The SMILES string of the molecule is O=[N+]([O-])c1ccc(F)cc1C(O)C(O)CBr. The lowest BCUT2D eigenvalue weighted by Gasteiger charge is -2.15. The van der Waals surface area contributed by atoms with Crippen LogP contribution in [0.1, 0.15) is 11.7 Å². The van der Waals surface area contributed by atoms with Crippen molar-refractivity contribution >= 4 is 21.6 Å². The summed E-state index contributed by atoms with van der Waals surface area (Å²) in [6.07, 6.45) is -2.74. The molecule has 0 bridgehead atoms. The highest BCUT2D eigenvalue weighted by molar-refractivity contribution is 9.09. The molecule has 0 fully saturated rings. The number of aliphatic hydroxyl groups is 2. The van der Waals surface area contributed by atoms with Crippen molar-refractivity contribution in [3.63, 3.8) is 0 Å². The minimum Gasteiger partial charge on any atom is -0.389 e. The quantitative estimate of drug-likeness (QED) is 0.501. The number of aliphatic hydroxyl groups excluding tert-OH is 2. The molecule has 0 aliphatic rings. The molecule has 0 amide bonds. The van der Waals surface area contributed by atoms with Crippen LogP contribution in [-0.2, 0) is 0 Å². The molecule has 0 aliphatic carbocycles. The van der Waals surface area contributed by atoms with E-state index in [2.05, 4.69) is 15.9 Å². The highest BCUT2D eigenvalue weighted by atomic mass is 79.9. The topological polar surface area (TPSA) is 83.6 Å². The van der Waals surface area contributed by atoms with Gasteiger partial charge in [-0.2, -0.15) is 0 Å². The number of nitro benzene ring substituents is 1. The second-order valence-corrected chi connectivity index (χ2v) is 3.77. The first-order valence-electron chi connectivity index (χ1n) is 4.33. The first-order chi connectivity index (χ1) is 7.47. The third kappa shape index (κ3) is 2.75. The highest BCUT2D eigenvalue weighted by Gasteiger charge is 2.26. The molecular formula is C9H9BrFNO4. The van der Waals surface area contributed by atoms with E-state index in [0.29, 0.717) is 0 Å². The molecule has 0 saturated carbocycles. The van der Waals surface area contributed by atoms with E-state index in [1.807, 2.05) is 0 Å². The van der Waals surface area contributed by atoms with Crippen LogP contribution >= 0.6 is 15.9 Å². The molecule has 16 heavy (non-hydrogen) atoms. The van der Waals surface area contributed by atoms with E-state index in [0.717, 1.165) is 18.2 Å². The Morgan fingerprint density at radius 1 is 1.50 bits per heavy atom. The van der Waals surface area contributed by atoms with Crippen molar-refractivity contribution in [3.8, 4) is 0 Å². The van der Waals surface area contributed by atoms with Gasteiger partial charge < -0.3 is 10.2 Å². The average molecular weight is 294 g/mol. The van der Waals surface area contributed by atoms with Gasteiger partial charge in [0.25, 0.3) is 5.69 Å². The highest BCUT2D eigenvalue weighted by Crippen LogP contribution is 2.28. The van der Waals surface area contributed by atoms with Crippen molar-refractivity contribution in [1.82, 2.24) is 0 Å². The minimum atomic E-state index is -1.50. The maximum atomic E-state index is 12.9.